The first-order chi connectivity index (χ1) is 23.7. The van der Waals surface area contributed by atoms with E-state index in [1.165, 1.54) is 23.3 Å². The lowest BCUT2D eigenvalue weighted by molar-refractivity contribution is -0.384. The second kappa shape index (κ2) is 16.6. The number of benzene rings is 3. The van der Waals surface area contributed by atoms with Gasteiger partial charge in [0, 0.05) is 35.5 Å². The lowest BCUT2D eigenvalue weighted by Gasteiger charge is -2.43. The number of nitro benzene ring substituents is 1. The van der Waals surface area contributed by atoms with E-state index in [4.69, 9.17) is 9.47 Å². The van der Waals surface area contributed by atoms with Gasteiger partial charge < -0.3 is 14.8 Å². The van der Waals surface area contributed by atoms with Gasteiger partial charge in [-0.25, -0.2) is 9.59 Å². The average Bonchev–Trinajstić information content (AvgIpc) is 3.12. The number of nitrogens with one attached hydrogen (secondary N) is 1. The largest absolute Gasteiger partial charge is 0.462 e. The minimum atomic E-state index is -0.885. The molecule has 1 saturated heterocycles. The zero-order valence-electron chi connectivity index (χ0n) is 28.8. The molecule has 1 N–H and O–H groups in total. The minimum Gasteiger partial charge on any atom is -0.462 e. The maximum Gasteiger partial charge on any atom is 0.336 e. The number of hydrogen-bond acceptors (Lipinski definition) is 8. The van der Waals surface area contributed by atoms with Gasteiger partial charge in [-0.15, -0.1) is 0 Å². The molecule has 0 aromatic heterocycles. The van der Waals surface area contributed by atoms with Crippen LogP contribution in [-0.4, -0.2) is 54.6 Å². The van der Waals surface area contributed by atoms with Crippen molar-refractivity contribution in [1.29, 1.82) is 0 Å². The van der Waals surface area contributed by atoms with Gasteiger partial charge in [-0.1, -0.05) is 99.0 Å². The number of carbonyl (C=O) groups is 2. The zero-order valence-corrected chi connectivity index (χ0v) is 28.8. The molecule has 9 nitrogen and oxygen atoms in total. The second-order valence-corrected chi connectivity index (χ2v) is 13.0. The molecular formula is C40H47N3O6. The van der Waals surface area contributed by atoms with E-state index in [0.717, 1.165) is 51.6 Å². The fourth-order valence-corrected chi connectivity index (χ4v) is 7.22. The molecule has 258 valence electrons. The van der Waals surface area contributed by atoms with Crippen molar-refractivity contribution in [3.63, 3.8) is 0 Å². The number of likely N-dealkylation sites (tertiary alicyclic amines) is 1. The molecule has 1 fully saturated rings. The Balaban J connectivity index is 1.30. The average molecular weight is 666 g/mol. The van der Waals surface area contributed by atoms with Crippen LogP contribution in [0, 0.1) is 10.1 Å². The van der Waals surface area contributed by atoms with Crippen molar-refractivity contribution in [2.45, 2.75) is 70.6 Å². The number of allylic oxidation sites excluding steroid dienone is 2. The quantitative estimate of drug-likeness (QED) is 0.0812. The highest BCUT2D eigenvalue weighted by molar-refractivity contribution is 6.00. The number of hydrogen-bond donors (Lipinski definition) is 1. The summed E-state index contributed by atoms with van der Waals surface area (Å²) in [5, 5.41) is 14.9. The number of rotatable bonds is 14. The Labute approximate surface area is 289 Å². The van der Waals surface area contributed by atoms with Gasteiger partial charge >= 0.3 is 11.9 Å². The summed E-state index contributed by atoms with van der Waals surface area (Å²) in [5.74, 6) is -2.00. The summed E-state index contributed by atoms with van der Waals surface area (Å²) in [6.07, 6.45) is 5.66. The van der Waals surface area contributed by atoms with E-state index < -0.39 is 22.8 Å². The molecule has 2 aliphatic heterocycles. The molecule has 0 bridgehead atoms. The highest BCUT2D eigenvalue weighted by atomic mass is 16.6. The van der Waals surface area contributed by atoms with Gasteiger partial charge in [0.2, 0.25) is 0 Å². The van der Waals surface area contributed by atoms with Crippen molar-refractivity contribution >= 4 is 17.6 Å². The van der Waals surface area contributed by atoms with E-state index in [9.17, 15) is 19.7 Å². The first-order valence-corrected chi connectivity index (χ1v) is 17.4. The molecule has 1 atom stereocenters. The fraction of sp³-hybridized carbons (Fsp3) is 0.400. The SMILES string of the molecule is CCCCCCOC(=O)C1=C(C)NC(C)=C(C(=O)OCCN2CCC(c3ccccc3)(c3ccccc3)CC2)C1c1cccc([N+](=O)[O-])c1. The number of unbranched alkanes of at least 4 members (excludes halogenated alkanes) is 3. The Bertz CT molecular complexity index is 1630. The topological polar surface area (TPSA) is 111 Å². The van der Waals surface area contributed by atoms with Gasteiger partial charge in [0.05, 0.1) is 28.6 Å². The third-order valence-electron chi connectivity index (χ3n) is 9.85. The first kappa shape index (κ1) is 35.5. The number of dihydropyridines is 1. The van der Waals surface area contributed by atoms with Crippen molar-refractivity contribution in [2.24, 2.45) is 0 Å². The van der Waals surface area contributed by atoms with E-state index in [1.807, 2.05) is 12.1 Å². The molecule has 3 aromatic rings. The predicted molar refractivity (Wildman–Crippen MR) is 190 cm³/mol. The third kappa shape index (κ3) is 8.28. The molecule has 2 heterocycles. The van der Waals surface area contributed by atoms with E-state index >= 15 is 0 Å². The molecule has 0 amide bonds. The monoisotopic (exact) mass is 665 g/mol. The van der Waals surface area contributed by atoms with Crippen LogP contribution in [0.5, 0.6) is 0 Å². The van der Waals surface area contributed by atoms with Gasteiger partial charge in [0.1, 0.15) is 6.61 Å². The lowest BCUT2D eigenvalue weighted by atomic mass is 9.68. The molecule has 2 aliphatic rings. The Morgan fingerprint density at radius 1 is 0.816 bits per heavy atom. The van der Waals surface area contributed by atoms with E-state index in [1.54, 1.807) is 26.0 Å². The number of non-ortho nitro benzene ring substituents is 1. The van der Waals surface area contributed by atoms with E-state index in [0.29, 0.717) is 23.5 Å². The second-order valence-electron chi connectivity index (χ2n) is 13.0. The third-order valence-corrected chi connectivity index (χ3v) is 9.85. The number of nitro groups is 1. The van der Waals surface area contributed by atoms with Crippen LogP contribution < -0.4 is 5.32 Å². The summed E-state index contributed by atoms with van der Waals surface area (Å²) in [5.41, 5.74) is 4.44. The number of nitrogens with zero attached hydrogens (tertiary/aromatic N) is 2. The maximum absolute atomic E-state index is 13.9. The van der Waals surface area contributed by atoms with Crippen LogP contribution in [0.1, 0.15) is 81.9 Å². The van der Waals surface area contributed by atoms with Gasteiger partial charge in [0.15, 0.2) is 0 Å². The molecule has 3 aromatic carbocycles. The normalized spacial score (nSPS) is 17.7. The molecule has 0 radical (unpaired) electrons. The molecule has 0 spiro atoms. The van der Waals surface area contributed by atoms with Crippen molar-refractivity contribution in [3.8, 4) is 0 Å². The molecule has 1 unspecified atom stereocenters. The van der Waals surface area contributed by atoms with Crippen LogP contribution in [0.3, 0.4) is 0 Å². The van der Waals surface area contributed by atoms with E-state index in [-0.39, 0.29) is 35.5 Å². The van der Waals surface area contributed by atoms with Gasteiger partial charge in [-0.2, -0.15) is 0 Å². The van der Waals surface area contributed by atoms with Crippen LogP contribution in [0.15, 0.2) is 107 Å². The fourth-order valence-electron chi connectivity index (χ4n) is 7.22. The number of piperidine rings is 1. The summed E-state index contributed by atoms with van der Waals surface area (Å²) in [4.78, 5) is 41.0. The summed E-state index contributed by atoms with van der Waals surface area (Å²) in [6, 6.07) is 27.4. The Kier molecular flexibility index (Phi) is 12.0. The van der Waals surface area contributed by atoms with Crippen LogP contribution in [0.4, 0.5) is 5.69 Å². The molecule has 5 rings (SSSR count). The Morgan fingerprint density at radius 2 is 1.39 bits per heavy atom. The molecule has 9 heteroatoms. The standard InChI is InChI=1S/C40H47N3O6/c1-4-5-6-13-26-48-38(44)35-29(2)41-30(3)36(37(35)31-15-14-20-34(28-31)43(46)47)39(45)49-27-25-42-23-21-40(22-24-42,32-16-9-7-10-17-32)33-18-11-8-12-19-33/h7-12,14-20,28,37,41H,4-6,13,21-27H2,1-3H3. The number of carbonyl (C=O) groups excluding carboxylic acids is 2. The van der Waals surface area contributed by atoms with E-state index in [2.05, 4.69) is 65.7 Å². The van der Waals surface area contributed by atoms with Crippen molar-refractivity contribution in [2.75, 3.05) is 32.8 Å². The highest BCUT2D eigenvalue weighted by Crippen LogP contribution is 2.42. The molecule has 0 aliphatic carbocycles. The van der Waals surface area contributed by atoms with Crippen LogP contribution in [0.25, 0.3) is 0 Å². The zero-order chi connectivity index (χ0) is 34.8. The summed E-state index contributed by atoms with van der Waals surface area (Å²) in [7, 11) is 0. The molecule has 0 saturated carbocycles. The van der Waals surface area contributed by atoms with Crippen LogP contribution in [0.2, 0.25) is 0 Å². The predicted octanol–water partition coefficient (Wildman–Crippen LogP) is 7.58. The van der Waals surface area contributed by atoms with Gasteiger partial charge in [-0.3, -0.25) is 15.0 Å². The Hall–Kier alpha value is -4.76. The van der Waals surface area contributed by atoms with Gasteiger partial charge in [-0.05, 0) is 62.9 Å². The molecular weight excluding hydrogens is 618 g/mol. The van der Waals surface area contributed by atoms with Crippen molar-refractivity contribution in [3.05, 3.63) is 134 Å². The summed E-state index contributed by atoms with van der Waals surface area (Å²) >= 11 is 0. The summed E-state index contributed by atoms with van der Waals surface area (Å²) in [6.45, 7) is 8.30. The molecule has 49 heavy (non-hydrogen) atoms. The van der Waals surface area contributed by atoms with Crippen LogP contribution in [-0.2, 0) is 24.5 Å². The van der Waals surface area contributed by atoms with Crippen LogP contribution >= 0.6 is 0 Å². The first-order valence-electron chi connectivity index (χ1n) is 17.4. The summed E-state index contributed by atoms with van der Waals surface area (Å²) < 4.78 is 11.6. The lowest BCUT2D eigenvalue weighted by Crippen LogP contribution is -2.44. The number of ether oxygens (including phenoxy) is 2. The maximum atomic E-state index is 13.9. The van der Waals surface area contributed by atoms with Gasteiger partial charge in [0.25, 0.3) is 5.69 Å². The Morgan fingerprint density at radius 3 is 1.94 bits per heavy atom. The van der Waals surface area contributed by atoms with Crippen molar-refractivity contribution < 1.29 is 24.0 Å². The smallest absolute Gasteiger partial charge is 0.336 e. The number of esters is 2. The van der Waals surface area contributed by atoms with Crippen molar-refractivity contribution in [1.82, 2.24) is 10.2 Å². The minimum absolute atomic E-state index is 0.0812. The highest BCUT2D eigenvalue weighted by Gasteiger charge is 2.40.